The fourth-order valence-electron chi connectivity index (χ4n) is 2.31. The summed E-state index contributed by atoms with van der Waals surface area (Å²) in [6.45, 7) is 2.02. The first-order chi connectivity index (χ1) is 7.79. The van der Waals surface area contributed by atoms with Crippen LogP contribution in [0.25, 0.3) is 0 Å². The van der Waals surface area contributed by atoms with E-state index in [9.17, 15) is 0 Å². The average molecular weight is 236 g/mol. The second-order valence-corrected chi connectivity index (χ2v) is 5.57. The van der Waals surface area contributed by atoms with Crippen molar-refractivity contribution in [3.63, 3.8) is 0 Å². The maximum Gasteiger partial charge on any atom is 0.0529 e. The Morgan fingerprint density at radius 2 is 2.12 bits per heavy atom. The fourth-order valence-corrected chi connectivity index (χ4v) is 3.25. The van der Waals surface area contributed by atoms with Gasteiger partial charge in [0.1, 0.15) is 0 Å². The number of nitrogens with zero attached hydrogens (tertiary/aromatic N) is 1. The summed E-state index contributed by atoms with van der Waals surface area (Å²) >= 11 is 1.99. The highest BCUT2D eigenvalue weighted by molar-refractivity contribution is 7.99. The molecule has 0 radical (unpaired) electrons. The van der Waals surface area contributed by atoms with E-state index in [1.165, 1.54) is 25.7 Å². The molecule has 0 aromatic carbocycles. The second kappa shape index (κ2) is 5.58. The summed E-state index contributed by atoms with van der Waals surface area (Å²) in [5.74, 6) is 0. The molecule has 1 aromatic rings. The molecule has 2 nitrogen and oxygen atoms in total. The van der Waals surface area contributed by atoms with Crippen molar-refractivity contribution in [2.75, 3.05) is 11.6 Å². The predicted molar refractivity (Wildman–Crippen MR) is 72.2 cm³/mol. The monoisotopic (exact) mass is 236 g/mol. The lowest BCUT2D eigenvalue weighted by Crippen LogP contribution is -2.34. The molecular formula is C13H20N2S. The van der Waals surface area contributed by atoms with Crippen LogP contribution in [0.1, 0.15) is 31.4 Å². The molecule has 2 unspecified atom stereocenters. The summed E-state index contributed by atoms with van der Waals surface area (Å²) in [4.78, 5) is 4.33. The first-order valence-corrected chi connectivity index (χ1v) is 7.30. The molecule has 1 heterocycles. The van der Waals surface area contributed by atoms with Gasteiger partial charge in [0.05, 0.1) is 11.9 Å². The summed E-state index contributed by atoms with van der Waals surface area (Å²) in [5, 5.41) is 4.39. The molecule has 88 valence electrons. The molecule has 0 bridgehead atoms. The maximum absolute atomic E-state index is 4.33. The number of anilines is 1. The molecule has 1 aliphatic rings. The van der Waals surface area contributed by atoms with Gasteiger partial charge in [-0.05, 0) is 38.2 Å². The van der Waals surface area contributed by atoms with Gasteiger partial charge in [-0.25, -0.2) is 0 Å². The Bertz CT molecular complexity index is 323. The largest absolute Gasteiger partial charge is 0.380 e. The van der Waals surface area contributed by atoms with E-state index >= 15 is 0 Å². The molecule has 1 saturated carbocycles. The van der Waals surface area contributed by atoms with E-state index in [1.807, 2.05) is 24.9 Å². The van der Waals surface area contributed by atoms with Gasteiger partial charge in [-0.15, -0.1) is 0 Å². The molecule has 1 aromatic heterocycles. The van der Waals surface area contributed by atoms with Crippen LogP contribution < -0.4 is 5.32 Å². The number of aryl methyl sites for hydroxylation is 1. The lowest BCUT2D eigenvalue weighted by molar-refractivity contribution is 0.475. The highest BCUT2D eigenvalue weighted by atomic mass is 32.2. The molecule has 1 fully saturated rings. The Kier molecular flexibility index (Phi) is 4.10. The van der Waals surface area contributed by atoms with Gasteiger partial charge in [0.25, 0.3) is 0 Å². The van der Waals surface area contributed by atoms with Crippen LogP contribution in [0.3, 0.4) is 0 Å². The van der Waals surface area contributed by atoms with Gasteiger partial charge in [0, 0.05) is 17.0 Å². The number of pyridine rings is 1. The molecule has 0 saturated heterocycles. The van der Waals surface area contributed by atoms with Gasteiger partial charge in [0.15, 0.2) is 0 Å². The lowest BCUT2D eigenvalue weighted by atomic mass is 9.94. The average Bonchev–Trinajstić information content (AvgIpc) is 2.33. The minimum Gasteiger partial charge on any atom is -0.380 e. The highest BCUT2D eigenvalue weighted by Crippen LogP contribution is 2.29. The van der Waals surface area contributed by atoms with Crippen LogP contribution in [0.4, 0.5) is 5.69 Å². The minimum absolute atomic E-state index is 0.619. The number of thioether (sulfide) groups is 1. The molecule has 1 N–H and O–H groups in total. The topological polar surface area (TPSA) is 24.9 Å². The first-order valence-electron chi connectivity index (χ1n) is 6.01. The zero-order valence-electron chi connectivity index (χ0n) is 10.1. The molecule has 16 heavy (non-hydrogen) atoms. The second-order valence-electron chi connectivity index (χ2n) is 4.50. The highest BCUT2D eigenvalue weighted by Gasteiger charge is 2.23. The number of nitrogens with one attached hydrogen (secondary N) is 1. The zero-order valence-corrected chi connectivity index (χ0v) is 10.9. The lowest BCUT2D eigenvalue weighted by Gasteiger charge is -2.31. The van der Waals surface area contributed by atoms with Crippen LogP contribution in [0, 0.1) is 6.92 Å². The van der Waals surface area contributed by atoms with E-state index in [2.05, 4.69) is 28.7 Å². The molecule has 1 aliphatic carbocycles. The summed E-state index contributed by atoms with van der Waals surface area (Å²) in [5.41, 5.74) is 2.24. The van der Waals surface area contributed by atoms with E-state index in [0.717, 1.165) is 16.6 Å². The number of aromatic nitrogens is 1. The van der Waals surface area contributed by atoms with Crippen molar-refractivity contribution < 1.29 is 0 Å². The van der Waals surface area contributed by atoms with Crippen LogP contribution in [-0.4, -0.2) is 22.5 Å². The maximum atomic E-state index is 4.33. The summed E-state index contributed by atoms with van der Waals surface area (Å²) in [6, 6.07) is 4.82. The fraction of sp³-hybridized carbons (Fsp3) is 0.615. The third-order valence-corrected chi connectivity index (χ3v) is 4.44. The Labute approximate surface area is 102 Å². The number of hydrogen-bond donors (Lipinski definition) is 1. The molecule has 2 rings (SSSR count). The van der Waals surface area contributed by atoms with Gasteiger partial charge < -0.3 is 5.32 Å². The van der Waals surface area contributed by atoms with Crippen molar-refractivity contribution in [2.45, 2.75) is 43.9 Å². The normalized spacial score (nSPS) is 25.4. The Morgan fingerprint density at radius 1 is 1.31 bits per heavy atom. The SMILES string of the molecule is CSC1CCCCC1Nc1ccc(C)nc1. The quantitative estimate of drug-likeness (QED) is 0.869. The molecule has 0 aliphatic heterocycles. The third-order valence-electron chi connectivity index (χ3n) is 3.27. The van der Waals surface area contributed by atoms with Crippen LogP contribution in [0.5, 0.6) is 0 Å². The molecule has 3 heteroatoms. The minimum atomic E-state index is 0.619. The summed E-state index contributed by atoms with van der Waals surface area (Å²) < 4.78 is 0. The third kappa shape index (κ3) is 2.91. The molecular weight excluding hydrogens is 216 g/mol. The standard InChI is InChI=1S/C13H20N2S/c1-10-7-8-11(9-14-10)15-12-5-3-4-6-13(12)16-2/h7-9,12-13,15H,3-6H2,1-2H3. The Balaban J connectivity index is 1.99. The van der Waals surface area contributed by atoms with Crippen molar-refractivity contribution in [2.24, 2.45) is 0 Å². The van der Waals surface area contributed by atoms with Crippen molar-refractivity contribution in [3.8, 4) is 0 Å². The predicted octanol–water partition coefficient (Wildman–Crippen LogP) is 3.48. The van der Waals surface area contributed by atoms with E-state index in [4.69, 9.17) is 0 Å². The van der Waals surface area contributed by atoms with Gasteiger partial charge >= 0.3 is 0 Å². The molecule has 2 atom stereocenters. The van der Waals surface area contributed by atoms with Crippen LogP contribution in [0.15, 0.2) is 18.3 Å². The summed E-state index contributed by atoms with van der Waals surface area (Å²) in [6.07, 6.45) is 9.54. The van der Waals surface area contributed by atoms with Crippen molar-refractivity contribution >= 4 is 17.4 Å². The van der Waals surface area contributed by atoms with E-state index < -0.39 is 0 Å². The summed E-state index contributed by atoms with van der Waals surface area (Å²) in [7, 11) is 0. The number of hydrogen-bond acceptors (Lipinski definition) is 3. The van der Waals surface area contributed by atoms with Crippen molar-refractivity contribution in [1.82, 2.24) is 4.98 Å². The van der Waals surface area contributed by atoms with Gasteiger partial charge in [-0.2, -0.15) is 11.8 Å². The zero-order chi connectivity index (χ0) is 11.4. The van der Waals surface area contributed by atoms with E-state index in [-0.39, 0.29) is 0 Å². The van der Waals surface area contributed by atoms with E-state index in [0.29, 0.717) is 6.04 Å². The number of rotatable bonds is 3. The van der Waals surface area contributed by atoms with Crippen LogP contribution >= 0.6 is 11.8 Å². The first kappa shape index (κ1) is 11.8. The molecule has 0 spiro atoms. The van der Waals surface area contributed by atoms with Gasteiger partial charge in [-0.3, -0.25) is 4.98 Å². The molecule has 0 amide bonds. The van der Waals surface area contributed by atoms with Crippen molar-refractivity contribution in [1.29, 1.82) is 0 Å². The Morgan fingerprint density at radius 3 is 2.81 bits per heavy atom. The van der Waals surface area contributed by atoms with Crippen LogP contribution in [0.2, 0.25) is 0 Å². The smallest absolute Gasteiger partial charge is 0.0529 e. The van der Waals surface area contributed by atoms with Gasteiger partial charge in [0.2, 0.25) is 0 Å². The van der Waals surface area contributed by atoms with Gasteiger partial charge in [-0.1, -0.05) is 12.8 Å². The Hall–Kier alpha value is -0.700. The van der Waals surface area contributed by atoms with E-state index in [1.54, 1.807) is 0 Å². The van der Waals surface area contributed by atoms with Crippen molar-refractivity contribution in [3.05, 3.63) is 24.0 Å². The van der Waals surface area contributed by atoms with Crippen LogP contribution in [-0.2, 0) is 0 Å².